The van der Waals surface area contributed by atoms with E-state index >= 15 is 0 Å². The van der Waals surface area contributed by atoms with Crippen LogP contribution in [-0.2, 0) is 14.8 Å². The molecule has 0 unspecified atom stereocenters. The van der Waals surface area contributed by atoms with Crippen LogP contribution in [0.1, 0.15) is 57.1 Å². The molecule has 3 aromatic carbocycles. The van der Waals surface area contributed by atoms with Crippen molar-refractivity contribution in [2.24, 2.45) is 5.10 Å². The minimum atomic E-state index is -3.98. The highest BCUT2D eigenvalue weighted by Gasteiger charge is 2.27. The van der Waals surface area contributed by atoms with Crippen LogP contribution in [0.3, 0.4) is 0 Å². The molecule has 0 fully saturated rings. The van der Waals surface area contributed by atoms with Gasteiger partial charge in [0.05, 0.1) is 23.4 Å². The van der Waals surface area contributed by atoms with Crippen LogP contribution >= 0.6 is 0 Å². The van der Waals surface area contributed by atoms with Crippen LogP contribution in [-0.4, -0.2) is 33.7 Å². The van der Waals surface area contributed by atoms with Crippen LogP contribution in [0.5, 0.6) is 5.75 Å². The first-order valence-corrected chi connectivity index (χ1v) is 14.0. The average Bonchev–Trinajstić information content (AvgIpc) is 2.91. The Morgan fingerprint density at radius 2 is 1.65 bits per heavy atom. The van der Waals surface area contributed by atoms with Gasteiger partial charge in [0.1, 0.15) is 12.3 Å². The van der Waals surface area contributed by atoms with E-state index in [0.29, 0.717) is 24.0 Å². The second-order valence-electron chi connectivity index (χ2n) is 8.96. The van der Waals surface area contributed by atoms with E-state index in [1.54, 1.807) is 30.3 Å². The summed E-state index contributed by atoms with van der Waals surface area (Å²) in [6.07, 6.45) is 4.66. The summed E-state index contributed by atoms with van der Waals surface area (Å²) in [6.45, 7) is 6.44. The summed E-state index contributed by atoms with van der Waals surface area (Å²) in [6, 6.07) is 22.7. The molecule has 7 nitrogen and oxygen atoms in total. The van der Waals surface area contributed by atoms with Crippen LogP contribution in [0.2, 0.25) is 0 Å². The van der Waals surface area contributed by atoms with Crippen molar-refractivity contribution < 1.29 is 17.9 Å². The van der Waals surface area contributed by atoms with Gasteiger partial charge in [0.15, 0.2) is 0 Å². The number of nitrogens with zero attached hydrogens (tertiary/aromatic N) is 2. The zero-order valence-corrected chi connectivity index (χ0v) is 22.4. The van der Waals surface area contributed by atoms with Gasteiger partial charge in [-0.3, -0.25) is 9.10 Å². The van der Waals surface area contributed by atoms with Crippen LogP contribution in [0, 0.1) is 0 Å². The summed E-state index contributed by atoms with van der Waals surface area (Å²) < 4.78 is 33.9. The Labute approximate surface area is 220 Å². The Balaban J connectivity index is 1.76. The lowest BCUT2D eigenvalue weighted by molar-refractivity contribution is -0.119. The van der Waals surface area contributed by atoms with Crippen LogP contribution in [0.4, 0.5) is 5.69 Å². The van der Waals surface area contributed by atoms with Gasteiger partial charge in [-0.2, -0.15) is 5.10 Å². The Bertz CT molecular complexity index is 1270. The van der Waals surface area contributed by atoms with Crippen molar-refractivity contribution in [1.29, 1.82) is 0 Å². The Kier molecular flexibility index (Phi) is 10.3. The third kappa shape index (κ3) is 7.92. The van der Waals surface area contributed by atoms with Gasteiger partial charge in [0.2, 0.25) is 0 Å². The predicted molar refractivity (Wildman–Crippen MR) is 149 cm³/mol. The maximum Gasteiger partial charge on any atom is 0.264 e. The first-order valence-electron chi connectivity index (χ1n) is 12.5. The maximum absolute atomic E-state index is 13.5. The topological polar surface area (TPSA) is 88.1 Å². The van der Waals surface area contributed by atoms with Gasteiger partial charge in [-0.25, -0.2) is 13.8 Å². The van der Waals surface area contributed by atoms with Crippen LogP contribution < -0.4 is 14.5 Å². The number of carbonyl (C=O) groups is 1. The van der Waals surface area contributed by atoms with Crippen molar-refractivity contribution in [1.82, 2.24) is 5.43 Å². The molecule has 0 atom stereocenters. The highest BCUT2D eigenvalue weighted by atomic mass is 32.2. The number of unbranched alkanes of at least 4 members (excludes halogenated alkanes) is 2. The van der Waals surface area contributed by atoms with E-state index in [1.807, 2.05) is 36.4 Å². The number of sulfonamides is 1. The molecular formula is C29H35N3O4S. The van der Waals surface area contributed by atoms with Gasteiger partial charge < -0.3 is 4.74 Å². The molecule has 0 aliphatic carbocycles. The van der Waals surface area contributed by atoms with Crippen LogP contribution in [0.25, 0.3) is 0 Å². The molecule has 0 saturated heterocycles. The lowest BCUT2D eigenvalue weighted by Crippen LogP contribution is -2.39. The molecule has 0 spiro atoms. The normalized spacial score (nSPS) is 11.6. The molecule has 196 valence electrons. The number of anilines is 1. The van der Waals surface area contributed by atoms with Crippen molar-refractivity contribution in [2.75, 3.05) is 17.5 Å². The summed E-state index contributed by atoms with van der Waals surface area (Å²) in [5, 5.41) is 4.06. The second kappa shape index (κ2) is 13.6. The van der Waals surface area contributed by atoms with Gasteiger partial charge in [-0.05, 0) is 54.3 Å². The molecule has 0 aliphatic rings. The number of ether oxygens (including phenoxy) is 1. The fourth-order valence-corrected chi connectivity index (χ4v) is 5.09. The molecule has 37 heavy (non-hydrogen) atoms. The summed E-state index contributed by atoms with van der Waals surface area (Å²) in [4.78, 5) is 12.9. The fraction of sp³-hybridized carbons (Fsp3) is 0.310. The minimum Gasteiger partial charge on any atom is -0.493 e. The van der Waals surface area contributed by atoms with Crippen molar-refractivity contribution >= 4 is 27.8 Å². The summed E-state index contributed by atoms with van der Waals surface area (Å²) in [5.74, 6) is 0.407. The molecular weight excluding hydrogens is 486 g/mol. The van der Waals surface area contributed by atoms with Crippen molar-refractivity contribution in [3.63, 3.8) is 0 Å². The number of hydrazone groups is 1. The standard InChI is InChI=1S/C29H35N3O4S/c1-4-5-11-20-36-28-15-10-9-12-25(28)21-30-31-29(33)22-32(26-18-16-24(17-19-26)23(2)3)37(34,35)27-13-7-6-8-14-27/h6-10,12-19,21,23H,4-5,11,20,22H2,1-3H3,(H,31,33)/b30-21-. The number of hydrogen-bond acceptors (Lipinski definition) is 5. The van der Waals surface area contributed by atoms with Crippen LogP contribution in [0.15, 0.2) is 88.9 Å². The molecule has 3 rings (SSSR count). The molecule has 8 heteroatoms. The van der Waals surface area contributed by atoms with Gasteiger partial charge in [-0.1, -0.05) is 76.1 Å². The van der Waals surface area contributed by atoms with E-state index < -0.39 is 22.5 Å². The molecule has 0 aliphatic heterocycles. The Morgan fingerprint density at radius 1 is 0.973 bits per heavy atom. The largest absolute Gasteiger partial charge is 0.493 e. The average molecular weight is 522 g/mol. The van der Waals surface area contributed by atoms with Crippen molar-refractivity contribution in [3.05, 3.63) is 90.0 Å². The SMILES string of the molecule is CCCCCOc1ccccc1/C=N\NC(=O)CN(c1ccc(C(C)C)cc1)S(=O)(=O)c1ccccc1. The summed E-state index contributed by atoms with van der Waals surface area (Å²) in [5.41, 5.74) is 4.65. The highest BCUT2D eigenvalue weighted by Crippen LogP contribution is 2.25. The molecule has 0 bridgehead atoms. The number of rotatable bonds is 13. The van der Waals surface area contributed by atoms with E-state index in [-0.39, 0.29) is 4.90 Å². The smallest absolute Gasteiger partial charge is 0.264 e. The van der Waals surface area contributed by atoms with E-state index in [1.165, 1.54) is 18.3 Å². The highest BCUT2D eigenvalue weighted by molar-refractivity contribution is 7.92. The quantitative estimate of drug-likeness (QED) is 0.177. The number of para-hydroxylation sites is 1. The zero-order valence-electron chi connectivity index (χ0n) is 21.6. The molecule has 0 heterocycles. The third-order valence-corrected chi connectivity index (χ3v) is 7.57. The predicted octanol–water partition coefficient (Wildman–Crippen LogP) is 5.72. The number of hydrogen-bond donors (Lipinski definition) is 1. The molecule has 0 radical (unpaired) electrons. The van der Waals surface area contributed by atoms with Gasteiger partial charge in [0, 0.05) is 5.56 Å². The fourth-order valence-electron chi connectivity index (χ4n) is 3.65. The van der Waals surface area contributed by atoms with E-state index in [0.717, 1.165) is 34.7 Å². The third-order valence-electron chi connectivity index (χ3n) is 5.78. The minimum absolute atomic E-state index is 0.105. The van der Waals surface area contributed by atoms with E-state index in [9.17, 15) is 13.2 Å². The Morgan fingerprint density at radius 3 is 2.32 bits per heavy atom. The lowest BCUT2D eigenvalue weighted by Gasteiger charge is -2.24. The Hall–Kier alpha value is -3.65. The van der Waals surface area contributed by atoms with Crippen molar-refractivity contribution in [3.8, 4) is 5.75 Å². The summed E-state index contributed by atoms with van der Waals surface area (Å²) >= 11 is 0. The number of benzene rings is 3. The monoisotopic (exact) mass is 521 g/mol. The molecule has 3 aromatic rings. The lowest BCUT2D eigenvalue weighted by atomic mass is 10.0. The summed E-state index contributed by atoms with van der Waals surface area (Å²) in [7, 11) is -3.98. The van der Waals surface area contributed by atoms with Gasteiger partial charge >= 0.3 is 0 Å². The van der Waals surface area contributed by atoms with E-state index in [4.69, 9.17) is 4.74 Å². The maximum atomic E-state index is 13.5. The number of amides is 1. The van der Waals surface area contributed by atoms with Crippen molar-refractivity contribution in [2.45, 2.75) is 50.8 Å². The van der Waals surface area contributed by atoms with E-state index in [2.05, 4.69) is 31.3 Å². The molecule has 1 N–H and O–H groups in total. The molecule has 1 amide bonds. The van der Waals surface area contributed by atoms with Gasteiger partial charge in [0.25, 0.3) is 15.9 Å². The molecule has 0 aromatic heterocycles. The molecule has 0 saturated carbocycles. The first kappa shape index (κ1) is 27.9. The first-order chi connectivity index (χ1) is 17.8. The number of carbonyl (C=O) groups excluding carboxylic acids is 1. The number of nitrogens with one attached hydrogen (secondary N) is 1. The second-order valence-corrected chi connectivity index (χ2v) is 10.8. The van der Waals surface area contributed by atoms with Gasteiger partial charge in [-0.15, -0.1) is 0 Å². The zero-order chi connectivity index (χ0) is 26.7.